The summed E-state index contributed by atoms with van der Waals surface area (Å²) in [5, 5.41) is 0. The quantitative estimate of drug-likeness (QED) is 0.734. The Morgan fingerprint density at radius 1 is 1.58 bits per heavy atom. The number of furan rings is 1. The number of hydrogen-bond acceptors (Lipinski definition) is 3. The molecule has 0 saturated carbocycles. The monoisotopic (exact) mass is 168 g/mol. The van der Waals surface area contributed by atoms with E-state index in [1.54, 1.807) is 6.26 Å². The SMILES string of the molecule is CCN(C)Cc1cc(CN)co1. The van der Waals surface area contributed by atoms with Crippen LogP contribution in [0.3, 0.4) is 0 Å². The average molecular weight is 168 g/mol. The zero-order valence-corrected chi connectivity index (χ0v) is 7.71. The molecule has 68 valence electrons. The normalized spacial score (nSPS) is 11.0. The molecule has 0 amide bonds. The summed E-state index contributed by atoms with van der Waals surface area (Å²) < 4.78 is 5.31. The summed E-state index contributed by atoms with van der Waals surface area (Å²) >= 11 is 0. The summed E-state index contributed by atoms with van der Waals surface area (Å²) in [6.07, 6.45) is 1.72. The van der Waals surface area contributed by atoms with Gasteiger partial charge in [0.15, 0.2) is 0 Å². The van der Waals surface area contributed by atoms with Crippen molar-refractivity contribution >= 4 is 0 Å². The van der Waals surface area contributed by atoms with Crippen molar-refractivity contribution < 1.29 is 4.42 Å². The lowest BCUT2D eigenvalue weighted by atomic mass is 10.3. The van der Waals surface area contributed by atoms with Crippen molar-refractivity contribution in [3.05, 3.63) is 23.7 Å². The standard InChI is InChI=1S/C9H16N2O/c1-3-11(2)6-9-4-8(5-10)7-12-9/h4,7H,3,5-6,10H2,1-2H3. The van der Waals surface area contributed by atoms with Crippen LogP contribution in [0.1, 0.15) is 18.2 Å². The van der Waals surface area contributed by atoms with E-state index in [1.165, 1.54) is 0 Å². The Labute approximate surface area is 73.2 Å². The second-order valence-corrected chi connectivity index (χ2v) is 2.96. The number of hydrogen-bond donors (Lipinski definition) is 1. The molecule has 0 aliphatic carbocycles. The second kappa shape index (κ2) is 4.28. The Morgan fingerprint density at radius 2 is 2.33 bits per heavy atom. The van der Waals surface area contributed by atoms with Crippen LogP contribution in [-0.4, -0.2) is 18.5 Å². The van der Waals surface area contributed by atoms with Gasteiger partial charge >= 0.3 is 0 Å². The fourth-order valence-corrected chi connectivity index (χ4v) is 0.994. The lowest BCUT2D eigenvalue weighted by Gasteiger charge is -2.10. The number of nitrogens with two attached hydrogens (primary N) is 1. The Morgan fingerprint density at radius 3 is 2.83 bits per heavy atom. The highest BCUT2D eigenvalue weighted by atomic mass is 16.3. The Hall–Kier alpha value is -0.800. The van der Waals surface area contributed by atoms with Gasteiger partial charge in [0.2, 0.25) is 0 Å². The van der Waals surface area contributed by atoms with Crippen molar-refractivity contribution in [2.45, 2.75) is 20.0 Å². The smallest absolute Gasteiger partial charge is 0.118 e. The Kier molecular flexibility index (Phi) is 3.31. The molecule has 2 N–H and O–H groups in total. The van der Waals surface area contributed by atoms with E-state index in [1.807, 2.05) is 6.07 Å². The lowest BCUT2D eigenvalue weighted by Crippen LogP contribution is -2.16. The van der Waals surface area contributed by atoms with Gasteiger partial charge in [-0.3, -0.25) is 4.90 Å². The summed E-state index contributed by atoms with van der Waals surface area (Å²) in [6, 6.07) is 2.01. The molecule has 0 atom stereocenters. The first kappa shape index (κ1) is 9.29. The highest BCUT2D eigenvalue weighted by Gasteiger charge is 2.02. The molecule has 1 heterocycles. The molecule has 3 heteroatoms. The van der Waals surface area contributed by atoms with Crippen LogP contribution >= 0.6 is 0 Å². The third kappa shape index (κ3) is 2.36. The van der Waals surface area contributed by atoms with Gasteiger partial charge in [-0.25, -0.2) is 0 Å². The van der Waals surface area contributed by atoms with Crippen molar-refractivity contribution in [3.63, 3.8) is 0 Å². The molecule has 0 fully saturated rings. The van der Waals surface area contributed by atoms with E-state index >= 15 is 0 Å². The topological polar surface area (TPSA) is 42.4 Å². The van der Waals surface area contributed by atoms with Crippen LogP contribution in [0.2, 0.25) is 0 Å². The van der Waals surface area contributed by atoms with E-state index in [0.717, 1.165) is 24.4 Å². The molecule has 0 saturated heterocycles. The van der Waals surface area contributed by atoms with E-state index in [0.29, 0.717) is 6.54 Å². The molecule has 3 nitrogen and oxygen atoms in total. The lowest BCUT2D eigenvalue weighted by molar-refractivity contribution is 0.309. The van der Waals surface area contributed by atoms with Crippen molar-refractivity contribution in [3.8, 4) is 0 Å². The van der Waals surface area contributed by atoms with Gasteiger partial charge in [0.1, 0.15) is 5.76 Å². The predicted octanol–water partition coefficient (Wildman–Crippen LogP) is 1.19. The molecule has 12 heavy (non-hydrogen) atoms. The van der Waals surface area contributed by atoms with E-state index in [9.17, 15) is 0 Å². The van der Waals surface area contributed by atoms with E-state index in [-0.39, 0.29) is 0 Å². The minimum Gasteiger partial charge on any atom is -0.468 e. The Bertz CT molecular complexity index is 232. The van der Waals surface area contributed by atoms with Crippen LogP contribution in [0.5, 0.6) is 0 Å². The van der Waals surface area contributed by atoms with Crippen molar-refractivity contribution in [1.29, 1.82) is 0 Å². The highest BCUT2D eigenvalue weighted by molar-refractivity contribution is 5.12. The van der Waals surface area contributed by atoms with Crippen LogP contribution in [0.4, 0.5) is 0 Å². The molecular weight excluding hydrogens is 152 g/mol. The summed E-state index contributed by atoms with van der Waals surface area (Å²) in [7, 11) is 2.06. The number of nitrogens with zero attached hydrogens (tertiary/aromatic N) is 1. The van der Waals surface area contributed by atoms with Crippen LogP contribution in [0.25, 0.3) is 0 Å². The second-order valence-electron chi connectivity index (χ2n) is 2.96. The Balaban J connectivity index is 2.52. The first-order valence-corrected chi connectivity index (χ1v) is 4.21. The minimum absolute atomic E-state index is 0.555. The molecule has 0 aromatic carbocycles. The van der Waals surface area contributed by atoms with Crippen molar-refractivity contribution in [2.24, 2.45) is 5.73 Å². The molecule has 0 bridgehead atoms. The van der Waals surface area contributed by atoms with E-state index < -0.39 is 0 Å². The zero-order valence-electron chi connectivity index (χ0n) is 7.71. The van der Waals surface area contributed by atoms with Gasteiger partial charge in [0.05, 0.1) is 12.8 Å². The summed E-state index contributed by atoms with van der Waals surface area (Å²) in [6.45, 7) is 4.56. The van der Waals surface area contributed by atoms with Crippen molar-refractivity contribution in [2.75, 3.05) is 13.6 Å². The molecule has 0 unspecified atom stereocenters. The minimum atomic E-state index is 0.555. The molecular formula is C9H16N2O. The van der Waals surface area contributed by atoms with Gasteiger partial charge in [-0.05, 0) is 19.7 Å². The van der Waals surface area contributed by atoms with Crippen LogP contribution < -0.4 is 5.73 Å². The zero-order chi connectivity index (χ0) is 8.97. The molecule has 0 spiro atoms. The third-order valence-corrected chi connectivity index (χ3v) is 1.91. The summed E-state index contributed by atoms with van der Waals surface area (Å²) in [5.41, 5.74) is 6.52. The average Bonchev–Trinajstić information content (AvgIpc) is 2.52. The van der Waals surface area contributed by atoms with Gasteiger partial charge in [0.25, 0.3) is 0 Å². The maximum absolute atomic E-state index is 5.45. The summed E-state index contributed by atoms with van der Waals surface area (Å²) in [4.78, 5) is 2.18. The van der Waals surface area contributed by atoms with Gasteiger partial charge in [0, 0.05) is 12.1 Å². The van der Waals surface area contributed by atoms with Crippen LogP contribution in [0.15, 0.2) is 16.7 Å². The fourth-order valence-electron chi connectivity index (χ4n) is 0.994. The van der Waals surface area contributed by atoms with E-state index in [4.69, 9.17) is 10.2 Å². The highest BCUT2D eigenvalue weighted by Crippen LogP contribution is 2.08. The first-order chi connectivity index (χ1) is 5.76. The maximum Gasteiger partial charge on any atom is 0.118 e. The van der Waals surface area contributed by atoms with Crippen LogP contribution in [-0.2, 0) is 13.1 Å². The first-order valence-electron chi connectivity index (χ1n) is 4.21. The molecule has 0 aliphatic heterocycles. The third-order valence-electron chi connectivity index (χ3n) is 1.91. The molecule has 0 radical (unpaired) electrons. The van der Waals surface area contributed by atoms with Gasteiger partial charge < -0.3 is 10.2 Å². The maximum atomic E-state index is 5.45. The number of rotatable bonds is 4. The van der Waals surface area contributed by atoms with E-state index in [2.05, 4.69) is 18.9 Å². The fraction of sp³-hybridized carbons (Fsp3) is 0.556. The molecule has 0 aliphatic rings. The van der Waals surface area contributed by atoms with Gasteiger partial charge in [-0.2, -0.15) is 0 Å². The largest absolute Gasteiger partial charge is 0.468 e. The summed E-state index contributed by atoms with van der Waals surface area (Å²) in [5.74, 6) is 0.986. The molecule has 1 aromatic heterocycles. The predicted molar refractivity (Wildman–Crippen MR) is 48.6 cm³/mol. The van der Waals surface area contributed by atoms with Gasteiger partial charge in [-0.1, -0.05) is 6.92 Å². The van der Waals surface area contributed by atoms with Crippen molar-refractivity contribution in [1.82, 2.24) is 4.90 Å². The molecule has 1 aromatic rings. The van der Waals surface area contributed by atoms with Crippen LogP contribution in [0, 0.1) is 0 Å². The van der Waals surface area contributed by atoms with Gasteiger partial charge in [-0.15, -0.1) is 0 Å². The molecule has 1 rings (SSSR count).